The van der Waals surface area contributed by atoms with Crippen molar-refractivity contribution in [1.82, 2.24) is 0 Å². The van der Waals surface area contributed by atoms with Gasteiger partial charge in [-0.05, 0) is 18.1 Å². The minimum absolute atomic E-state index is 0.344. The van der Waals surface area contributed by atoms with E-state index in [1.807, 2.05) is 6.07 Å². The first-order valence-corrected chi connectivity index (χ1v) is 4.17. The van der Waals surface area contributed by atoms with Gasteiger partial charge in [-0.2, -0.15) is 0 Å². The molecule has 0 spiro atoms. The van der Waals surface area contributed by atoms with Crippen molar-refractivity contribution in [2.45, 2.75) is 6.42 Å². The summed E-state index contributed by atoms with van der Waals surface area (Å²) >= 11 is 0. The molecule has 13 heavy (non-hydrogen) atoms. The van der Waals surface area contributed by atoms with E-state index in [0.717, 1.165) is 18.7 Å². The maximum absolute atomic E-state index is 11.0. The van der Waals surface area contributed by atoms with Gasteiger partial charge in [-0.25, -0.2) is 0 Å². The van der Waals surface area contributed by atoms with Crippen LogP contribution in [0.25, 0.3) is 0 Å². The highest BCUT2D eigenvalue weighted by Crippen LogP contribution is 2.22. The summed E-state index contributed by atoms with van der Waals surface area (Å²) in [6.45, 7) is 0.911. The van der Waals surface area contributed by atoms with Gasteiger partial charge in [0.1, 0.15) is 0 Å². The van der Waals surface area contributed by atoms with Crippen LogP contribution in [-0.4, -0.2) is 18.6 Å². The zero-order chi connectivity index (χ0) is 9.26. The predicted molar refractivity (Wildman–Crippen MR) is 49.0 cm³/mol. The number of carbonyl (C=O) groups excluding carboxylic acids is 2. The second-order valence-corrected chi connectivity index (χ2v) is 3.03. The summed E-state index contributed by atoms with van der Waals surface area (Å²) in [7, 11) is 0. The first kappa shape index (κ1) is 7.98. The Morgan fingerprint density at radius 3 is 3.08 bits per heavy atom. The van der Waals surface area contributed by atoms with Crippen molar-refractivity contribution >= 4 is 17.8 Å². The summed E-state index contributed by atoms with van der Waals surface area (Å²) in [6, 6.07) is 5.33. The van der Waals surface area contributed by atoms with E-state index in [2.05, 4.69) is 5.32 Å². The van der Waals surface area contributed by atoms with Gasteiger partial charge in [0.05, 0.1) is 0 Å². The molecule has 0 aliphatic carbocycles. The van der Waals surface area contributed by atoms with Crippen molar-refractivity contribution in [3.63, 3.8) is 0 Å². The largest absolute Gasteiger partial charge is 0.384 e. The predicted octanol–water partition coefficient (Wildman–Crippen LogP) is 1.04. The maximum Gasteiger partial charge on any atom is 0.225 e. The Labute approximate surface area is 75.8 Å². The van der Waals surface area contributed by atoms with E-state index in [0.29, 0.717) is 11.8 Å². The number of Topliss-reactive ketones (excluding diaryl/α,β-unsaturated/α-hetero) is 1. The molecule has 3 heteroatoms. The minimum Gasteiger partial charge on any atom is -0.384 e. The highest BCUT2D eigenvalue weighted by atomic mass is 16.2. The molecule has 1 aromatic carbocycles. The Morgan fingerprint density at radius 1 is 1.46 bits per heavy atom. The molecular formula is C10H9NO2. The maximum atomic E-state index is 11.0. The molecule has 0 aromatic heterocycles. The third-order valence-electron chi connectivity index (χ3n) is 2.21. The highest BCUT2D eigenvalue weighted by Gasteiger charge is 2.12. The molecule has 0 atom stereocenters. The Hall–Kier alpha value is -1.64. The van der Waals surface area contributed by atoms with Gasteiger partial charge in [0.15, 0.2) is 6.29 Å². The smallest absolute Gasteiger partial charge is 0.225 e. The Morgan fingerprint density at radius 2 is 2.31 bits per heavy atom. The van der Waals surface area contributed by atoms with Gasteiger partial charge in [0.2, 0.25) is 5.78 Å². The normalized spacial score (nSPS) is 13.2. The number of benzene rings is 1. The number of ketones is 1. The van der Waals surface area contributed by atoms with Crippen LogP contribution in [0.1, 0.15) is 15.9 Å². The fourth-order valence-corrected chi connectivity index (χ4v) is 1.51. The Kier molecular flexibility index (Phi) is 1.85. The van der Waals surface area contributed by atoms with Gasteiger partial charge in [-0.3, -0.25) is 9.59 Å². The van der Waals surface area contributed by atoms with E-state index >= 15 is 0 Å². The lowest BCUT2D eigenvalue weighted by atomic mass is 10.1. The summed E-state index contributed by atoms with van der Waals surface area (Å²) in [4.78, 5) is 21.3. The molecule has 2 rings (SSSR count). The van der Waals surface area contributed by atoms with Gasteiger partial charge in [0, 0.05) is 17.8 Å². The molecule has 1 aliphatic heterocycles. The molecular weight excluding hydrogens is 166 g/mol. The van der Waals surface area contributed by atoms with Gasteiger partial charge < -0.3 is 5.32 Å². The van der Waals surface area contributed by atoms with E-state index < -0.39 is 5.78 Å². The van der Waals surface area contributed by atoms with Crippen LogP contribution in [0.4, 0.5) is 5.69 Å². The highest BCUT2D eigenvalue weighted by molar-refractivity contribution is 6.33. The molecule has 0 radical (unpaired) electrons. The SMILES string of the molecule is O=CC(=O)c1ccc2c(c1)NCC2. The Bertz CT molecular complexity index is 371. The van der Waals surface area contributed by atoms with E-state index in [1.54, 1.807) is 12.1 Å². The molecule has 1 aromatic rings. The lowest BCUT2D eigenvalue weighted by Crippen LogP contribution is -2.00. The monoisotopic (exact) mass is 175 g/mol. The zero-order valence-corrected chi connectivity index (χ0v) is 7.04. The second-order valence-electron chi connectivity index (χ2n) is 3.03. The average Bonchev–Trinajstić information content (AvgIpc) is 2.63. The standard InChI is InChI=1S/C10H9NO2/c12-6-10(13)8-2-1-7-3-4-11-9(7)5-8/h1-2,5-6,11H,3-4H2. The fourth-order valence-electron chi connectivity index (χ4n) is 1.51. The summed E-state index contributed by atoms with van der Waals surface area (Å²) in [5.41, 5.74) is 2.65. The van der Waals surface area contributed by atoms with Gasteiger partial charge in [-0.15, -0.1) is 0 Å². The van der Waals surface area contributed by atoms with E-state index in [9.17, 15) is 9.59 Å². The van der Waals surface area contributed by atoms with Crippen LogP contribution < -0.4 is 5.32 Å². The van der Waals surface area contributed by atoms with Crippen LogP contribution in [0.2, 0.25) is 0 Å². The third kappa shape index (κ3) is 1.33. The summed E-state index contributed by atoms with van der Waals surface area (Å²) in [5.74, 6) is -0.462. The van der Waals surface area contributed by atoms with Crippen molar-refractivity contribution in [3.05, 3.63) is 29.3 Å². The summed E-state index contributed by atoms with van der Waals surface area (Å²) in [6.07, 6.45) is 1.33. The van der Waals surface area contributed by atoms with Crippen LogP contribution in [0.5, 0.6) is 0 Å². The van der Waals surface area contributed by atoms with Crippen LogP contribution in [0.3, 0.4) is 0 Å². The number of anilines is 1. The van der Waals surface area contributed by atoms with Crippen molar-refractivity contribution in [3.8, 4) is 0 Å². The van der Waals surface area contributed by atoms with Crippen molar-refractivity contribution < 1.29 is 9.59 Å². The Balaban J connectivity index is 2.41. The molecule has 0 amide bonds. The first-order valence-electron chi connectivity index (χ1n) is 4.17. The zero-order valence-electron chi connectivity index (χ0n) is 7.04. The van der Waals surface area contributed by atoms with E-state index in [1.165, 1.54) is 5.56 Å². The molecule has 0 fully saturated rings. The molecule has 66 valence electrons. The molecule has 1 aliphatic rings. The first-order chi connectivity index (χ1) is 6.31. The van der Waals surface area contributed by atoms with Crippen LogP contribution >= 0.6 is 0 Å². The molecule has 0 bridgehead atoms. The van der Waals surface area contributed by atoms with Crippen molar-refractivity contribution in [2.24, 2.45) is 0 Å². The molecule has 1 heterocycles. The molecule has 0 saturated heterocycles. The van der Waals surface area contributed by atoms with Crippen molar-refractivity contribution in [2.75, 3.05) is 11.9 Å². The third-order valence-corrected chi connectivity index (χ3v) is 2.21. The second kappa shape index (κ2) is 3.01. The van der Waals surface area contributed by atoms with E-state index in [-0.39, 0.29) is 0 Å². The average molecular weight is 175 g/mol. The molecule has 0 unspecified atom stereocenters. The lowest BCUT2D eigenvalue weighted by Gasteiger charge is -2.00. The van der Waals surface area contributed by atoms with E-state index in [4.69, 9.17) is 0 Å². The number of aldehydes is 1. The minimum atomic E-state index is -0.462. The number of hydrogen-bond acceptors (Lipinski definition) is 3. The number of fused-ring (bicyclic) bond motifs is 1. The number of hydrogen-bond donors (Lipinski definition) is 1. The lowest BCUT2D eigenvalue weighted by molar-refractivity contribution is -0.104. The number of rotatable bonds is 2. The van der Waals surface area contributed by atoms with Gasteiger partial charge in [0.25, 0.3) is 0 Å². The quantitative estimate of drug-likeness (QED) is 0.415. The fraction of sp³-hybridized carbons (Fsp3) is 0.200. The topological polar surface area (TPSA) is 46.2 Å². The summed E-state index contributed by atoms with van der Waals surface area (Å²) < 4.78 is 0. The van der Waals surface area contributed by atoms with Crippen LogP contribution in [0.15, 0.2) is 18.2 Å². The molecule has 0 saturated carbocycles. The summed E-state index contributed by atoms with van der Waals surface area (Å²) in [5, 5.41) is 3.15. The van der Waals surface area contributed by atoms with Gasteiger partial charge in [-0.1, -0.05) is 12.1 Å². The number of nitrogens with one attached hydrogen (secondary N) is 1. The number of carbonyl (C=O) groups is 2. The van der Waals surface area contributed by atoms with Crippen LogP contribution in [-0.2, 0) is 11.2 Å². The van der Waals surface area contributed by atoms with Crippen LogP contribution in [0, 0.1) is 0 Å². The van der Waals surface area contributed by atoms with Gasteiger partial charge >= 0.3 is 0 Å². The molecule has 3 nitrogen and oxygen atoms in total. The van der Waals surface area contributed by atoms with Crippen molar-refractivity contribution in [1.29, 1.82) is 0 Å². The molecule has 1 N–H and O–H groups in total.